The van der Waals surface area contributed by atoms with Crippen molar-refractivity contribution in [3.8, 4) is 23.0 Å². The first-order chi connectivity index (χ1) is 20.5. The second-order valence-corrected chi connectivity index (χ2v) is 11.6. The minimum absolute atomic E-state index is 0.190. The maximum absolute atomic E-state index is 6.05. The Morgan fingerprint density at radius 2 is 1.14 bits per heavy atom. The summed E-state index contributed by atoms with van der Waals surface area (Å²) in [5.41, 5.74) is 6.60. The zero-order valence-electron chi connectivity index (χ0n) is 28.3. The van der Waals surface area contributed by atoms with Gasteiger partial charge >= 0.3 is 0 Å². The van der Waals surface area contributed by atoms with Gasteiger partial charge < -0.3 is 23.7 Å². The molecule has 0 aliphatic rings. The van der Waals surface area contributed by atoms with Crippen LogP contribution in [-0.4, -0.2) is 39.6 Å². The average Bonchev–Trinajstić information content (AvgIpc) is 2.96. The minimum atomic E-state index is -0.190. The third-order valence-corrected chi connectivity index (χ3v) is 6.60. The summed E-state index contributed by atoms with van der Waals surface area (Å²) < 4.78 is 29.1. The van der Waals surface area contributed by atoms with Gasteiger partial charge in [-0.15, -0.1) is 0 Å². The van der Waals surface area contributed by atoms with Gasteiger partial charge in [0.25, 0.3) is 0 Å². The smallest absolute Gasteiger partial charge is 0.164 e. The van der Waals surface area contributed by atoms with Crippen molar-refractivity contribution in [3.05, 3.63) is 82.0 Å². The molecule has 2 aromatic carbocycles. The molecule has 0 radical (unpaired) electrons. The van der Waals surface area contributed by atoms with Crippen LogP contribution >= 0.6 is 0 Å². The first kappa shape index (κ1) is 35.8. The van der Waals surface area contributed by atoms with Crippen molar-refractivity contribution in [3.63, 3.8) is 0 Å². The number of rotatable bonds is 17. The highest BCUT2D eigenvalue weighted by atomic mass is 16.5. The lowest BCUT2D eigenvalue weighted by molar-refractivity contribution is -0.0165. The molecule has 0 aromatic heterocycles. The van der Waals surface area contributed by atoms with E-state index in [2.05, 4.69) is 83.2 Å². The van der Waals surface area contributed by atoms with Gasteiger partial charge in [0.05, 0.1) is 33.0 Å². The summed E-state index contributed by atoms with van der Waals surface area (Å²) in [6.07, 6.45) is 17.0. The minimum Gasteiger partial charge on any atom is -0.493 e. The normalized spacial score (nSPS) is 12.8. The molecule has 0 saturated heterocycles. The van der Waals surface area contributed by atoms with Gasteiger partial charge in [0, 0.05) is 0 Å². The van der Waals surface area contributed by atoms with Crippen LogP contribution in [0.4, 0.5) is 0 Å². The van der Waals surface area contributed by atoms with Crippen molar-refractivity contribution < 1.29 is 23.7 Å². The summed E-state index contributed by atoms with van der Waals surface area (Å²) in [4.78, 5) is 0. The first-order valence-electron chi connectivity index (χ1n) is 15.6. The topological polar surface area (TPSA) is 46.2 Å². The number of methoxy groups -OCH3 is 2. The summed E-state index contributed by atoms with van der Waals surface area (Å²) in [6.45, 7) is 18.4. The predicted molar refractivity (Wildman–Crippen MR) is 182 cm³/mol. The van der Waals surface area contributed by atoms with Crippen LogP contribution in [0, 0.1) is 13.8 Å². The van der Waals surface area contributed by atoms with E-state index in [-0.39, 0.29) is 5.60 Å². The second kappa shape index (κ2) is 18.3. The van der Waals surface area contributed by atoms with Crippen LogP contribution in [0.2, 0.25) is 0 Å². The van der Waals surface area contributed by atoms with Gasteiger partial charge in [0.15, 0.2) is 23.0 Å². The van der Waals surface area contributed by atoms with E-state index in [1.807, 2.05) is 32.9 Å². The number of aryl methyl sites for hydroxylation is 2. The molecule has 43 heavy (non-hydrogen) atoms. The van der Waals surface area contributed by atoms with Crippen LogP contribution in [-0.2, 0) is 4.74 Å². The Hall–Kier alpha value is -3.44. The molecule has 0 bridgehead atoms. The van der Waals surface area contributed by atoms with E-state index in [9.17, 15) is 0 Å². The van der Waals surface area contributed by atoms with E-state index < -0.39 is 0 Å². The highest BCUT2D eigenvalue weighted by Crippen LogP contribution is 2.34. The van der Waals surface area contributed by atoms with Crippen LogP contribution in [0.5, 0.6) is 23.0 Å². The van der Waals surface area contributed by atoms with Gasteiger partial charge in [-0.3, -0.25) is 0 Å². The van der Waals surface area contributed by atoms with Crippen molar-refractivity contribution in [2.24, 2.45) is 0 Å². The molecule has 0 spiro atoms. The van der Waals surface area contributed by atoms with Gasteiger partial charge in [-0.1, -0.05) is 57.2 Å². The number of ether oxygens (including phenoxy) is 5. The first-order valence-corrected chi connectivity index (χ1v) is 15.6. The molecule has 0 aliphatic heterocycles. The Bertz CT molecular complexity index is 1270. The van der Waals surface area contributed by atoms with E-state index >= 15 is 0 Å². The molecule has 5 heteroatoms. The molecule has 0 heterocycles. The molecule has 2 aromatic rings. The Balaban J connectivity index is 2.22. The average molecular weight is 591 g/mol. The van der Waals surface area contributed by atoms with Gasteiger partial charge in [-0.2, -0.15) is 0 Å². The Morgan fingerprint density at radius 3 is 1.53 bits per heavy atom. The van der Waals surface area contributed by atoms with Crippen molar-refractivity contribution in [1.82, 2.24) is 0 Å². The van der Waals surface area contributed by atoms with Crippen LogP contribution in [0.15, 0.2) is 59.7 Å². The molecule has 0 aliphatic carbocycles. The zero-order chi connectivity index (χ0) is 31.8. The molecule has 0 saturated carbocycles. The van der Waals surface area contributed by atoms with Crippen molar-refractivity contribution in [2.45, 2.75) is 86.7 Å². The van der Waals surface area contributed by atoms with Crippen LogP contribution in [0.25, 0.3) is 12.2 Å². The fraction of sp³-hybridized carbons (Fsp3) is 0.474. The highest BCUT2D eigenvalue weighted by molar-refractivity contribution is 5.63. The monoisotopic (exact) mass is 590 g/mol. The number of benzene rings is 2. The standard InChI is InChI=1S/C38H54O5/c1-11-14-30(16-18-32-23-28(4)36(41-20-13-3)34(26-32)39-9)25-31(15-12-2)17-19-33-24-29(5)37(35(27-33)40-10)42-21-22-43-38(6,7)8/h14-19,23-24,26-27H,11-13,20-22,25H2,1-10H3/b18-16+,19-17+,30-14-,31-15+. The Morgan fingerprint density at radius 1 is 0.674 bits per heavy atom. The molecule has 5 nitrogen and oxygen atoms in total. The van der Waals surface area contributed by atoms with E-state index in [1.54, 1.807) is 14.2 Å². The number of hydrogen-bond donors (Lipinski definition) is 0. The van der Waals surface area contributed by atoms with Crippen LogP contribution in [0.3, 0.4) is 0 Å². The quantitative estimate of drug-likeness (QED) is 0.135. The van der Waals surface area contributed by atoms with Crippen LogP contribution < -0.4 is 18.9 Å². The summed E-state index contributed by atoms with van der Waals surface area (Å²) in [7, 11) is 3.37. The van der Waals surface area contributed by atoms with Gasteiger partial charge in [0.2, 0.25) is 0 Å². The molecule has 0 N–H and O–H groups in total. The lowest BCUT2D eigenvalue weighted by Crippen LogP contribution is -2.22. The molecule has 2 rings (SSSR count). The fourth-order valence-electron chi connectivity index (χ4n) is 4.66. The molecule has 236 valence electrons. The third-order valence-electron chi connectivity index (χ3n) is 6.60. The lowest BCUT2D eigenvalue weighted by atomic mass is 10.00. The third kappa shape index (κ3) is 12.4. The van der Waals surface area contributed by atoms with Gasteiger partial charge in [-0.25, -0.2) is 0 Å². The van der Waals surface area contributed by atoms with E-state index in [0.29, 0.717) is 19.8 Å². The maximum atomic E-state index is 6.05. The molecule has 0 fully saturated rings. The van der Waals surface area contributed by atoms with E-state index in [0.717, 1.165) is 70.9 Å². The van der Waals surface area contributed by atoms with Crippen molar-refractivity contribution >= 4 is 12.2 Å². The lowest BCUT2D eigenvalue weighted by Gasteiger charge is -2.20. The van der Waals surface area contributed by atoms with Crippen molar-refractivity contribution in [1.29, 1.82) is 0 Å². The molecular weight excluding hydrogens is 536 g/mol. The summed E-state index contributed by atoms with van der Waals surface area (Å²) in [6, 6.07) is 8.35. The number of hydrogen-bond acceptors (Lipinski definition) is 5. The molecule has 0 atom stereocenters. The largest absolute Gasteiger partial charge is 0.493 e. The molecule has 0 unspecified atom stereocenters. The molecule has 0 amide bonds. The van der Waals surface area contributed by atoms with Gasteiger partial charge in [0.1, 0.15) is 6.61 Å². The summed E-state index contributed by atoms with van der Waals surface area (Å²) >= 11 is 0. The summed E-state index contributed by atoms with van der Waals surface area (Å²) in [5, 5.41) is 0. The Labute approximate surface area is 261 Å². The number of allylic oxidation sites excluding steroid dienone is 6. The van der Waals surface area contributed by atoms with E-state index in [1.165, 1.54) is 11.1 Å². The van der Waals surface area contributed by atoms with E-state index in [4.69, 9.17) is 23.7 Å². The molecular formula is C38H54O5. The summed E-state index contributed by atoms with van der Waals surface area (Å²) in [5.74, 6) is 3.08. The maximum Gasteiger partial charge on any atom is 0.164 e. The Kier molecular flexibility index (Phi) is 15.2. The predicted octanol–water partition coefficient (Wildman–Crippen LogP) is 10.1. The zero-order valence-corrected chi connectivity index (χ0v) is 28.3. The van der Waals surface area contributed by atoms with Crippen LogP contribution in [0.1, 0.15) is 89.5 Å². The highest BCUT2D eigenvalue weighted by Gasteiger charge is 2.13. The van der Waals surface area contributed by atoms with Crippen molar-refractivity contribution in [2.75, 3.05) is 34.0 Å². The SMILES string of the molecule is CC/C=C(\C=C\c1cc(C)c(OCCOC(C)(C)C)c(OC)c1)CC(/C=C/c1cc(C)c(OCCC)c(OC)c1)=C\CC. The fourth-order valence-corrected chi connectivity index (χ4v) is 4.66. The second-order valence-electron chi connectivity index (χ2n) is 11.6. The van der Waals surface area contributed by atoms with Gasteiger partial charge in [-0.05, 0) is 118 Å².